The molecule has 0 N–H and O–H groups in total. The molecule has 2 heterocycles. The molecule has 6 heteroatoms. The number of unbranched alkanes of at least 4 members (excludes halogenated alkanes) is 3. The predicted molar refractivity (Wildman–Crippen MR) is 115 cm³/mol. The molecule has 0 fully saturated rings. The summed E-state index contributed by atoms with van der Waals surface area (Å²) in [6, 6.07) is 0. The monoisotopic (exact) mass is 480 g/mol. The molecule has 0 amide bonds. The van der Waals surface area contributed by atoms with Gasteiger partial charge in [0.25, 0.3) is 0 Å². The van der Waals surface area contributed by atoms with Crippen LogP contribution in [0.1, 0.15) is 65.0 Å². The third-order valence-electron chi connectivity index (χ3n) is 5.44. The van der Waals surface area contributed by atoms with Crippen LogP contribution in [0.3, 0.4) is 0 Å². The van der Waals surface area contributed by atoms with Gasteiger partial charge in [0.05, 0.1) is 0 Å². The fourth-order valence-electron chi connectivity index (χ4n) is 3.78. The summed E-state index contributed by atoms with van der Waals surface area (Å²) in [5.74, 6) is 1.37. The number of hydrogen-bond donors (Lipinski definition) is 0. The van der Waals surface area contributed by atoms with E-state index in [0.717, 1.165) is 11.5 Å². The van der Waals surface area contributed by atoms with E-state index in [2.05, 4.69) is 32.0 Å². The molecule has 0 aliphatic carbocycles. The van der Waals surface area contributed by atoms with Crippen molar-refractivity contribution < 1.29 is 4.74 Å². The summed E-state index contributed by atoms with van der Waals surface area (Å²) in [4.78, 5) is 14.2. The van der Waals surface area contributed by atoms with Crippen molar-refractivity contribution >= 4 is 22.1 Å². The van der Waals surface area contributed by atoms with Crippen LogP contribution >= 0.6 is 0 Å². The maximum atomic E-state index is 5.67. The summed E-state index contributed by atoms with van der Waals surface area (Å²) in [5, 5.41) is 0. The van der Waals surface area contributed by atoms with Crippen LogP contribution in [0.25, 0.3) is 5.82 Å². The Morgan fingerprint density at radius 3 is 2.00 bits per heavy atom. The Morgan fingerprint density at radius 1 is 0.963 bits per heavy atom. The number of hydrogen-bond acceptors (Lipinski definition) is 4. The fourth-order valence-corrected chi connectivity index (χ4v) is 18.9. The van der Waals surface area contributed by atoms with Crippen molar-refractivity contribution in [2.24, 2.45) is 0 Å². The molecule has 0 saturated carbocycles. The van der Waals surface area contributed by atoms with Crippen molar-refractivity contribution in [3.8, 4) is 11.7 Å². The first-order chi connectivity index (χ1) is 13.1. The van der Waals surface area contributed by atoms with Crippen LogP contribution in [0.5, 0.6) is 5.88 Å². The van der Waals surface area contributed by atoms with Gasteiger partial charge >= 0.3 is 169 Å². The van der Waals surface area contributed by atoms with Gasteiger partial charge in [-0.25, -0.2) is 0 Å². The summed E-state index contributed by atoms with van der Waals surface area (Å²) >= 11 is -2.59. The Hall–Kier alpha value is -1.11. The summed E-state index contributed by atoms with van der Waals surface area (Å²) < 4.78 is 13.0. The molecule has 0 aliphatic heterocycles. The normalized spacial score (nSPS) is 11.7. The molecule has 0 atom stereocenters. The van der Waals surface area contributed by atoms with Gasteiger partial charge in [-0.05, 0) is 0 Å². The third-order valence-corrected chi connectivity index (χ3v) is 20.5. The molecule has 2 aromatic heterocycles. The van der Waals surface area contributed by atoms with Gasteiger partial charge in [-0.3, -0.25) is 0 Å². The van der Waals surface area contributed by atoms with E-state index >= 15 is 0 Å². The molecule has 0 radical (unpaired) electrons. The van der Waals surface area contributed by atoms with E-state index in [1.165, 1.54) is 55.5 Å². The van der Waals surface area contributed by atoms with Crippen molar-refractivity contribution in [3.63, 3.8) is 0 Å². The van der Waals surface area contributed by atoms with E-state index in [1.807, 2.05) is 17.7 Å². The number of ether oxygens (including phenoxy) is 1. The number of nitrogens with zero attached hydrogens (tertiary/aromatic N) is 4. The van der Waals surface area contributed by atoms with Gasteiger partial charge in [0.2, 0.25) is 0 Å². The molecule has 0 aromatic carbocycles. The topological polar surface area (TPSA) is 52.8 Å². The second-order valence-corrected chi connectivity index (χ2v) is 20.7. The van der Waals surface area contributed by atoms with Crippen LogP contribution in [0, 0.1) is 6.92 Å². The molecular weight excluding hydrogens is 443 g/mol. The molecule has 0 bridgehead atoms. The number of rotatable bonds is 12. The molecule has 0 unspecified atom stereocenters. The summed E-state index contributed by atoms with van der Waals surface area (Å²) in [6.45, 7) is 8.87. The Kier molecular flexibility index (Phi) is 9.06. The van der Waals surface area contributed by atoms with E-state index in [4.69, 9.17) is 14.7 Å². The molecule has 2 rings (SSSR count). The first-order valence-electron chi connectivity index (χ1n) is 10.5. The van der Waals surface area contributed by atoms with E-state index in [1.54, 1.807) is 13.4 Å². The van der Waals surface area contributed by atoms with E-state index in [0.29, 0.717) is 5.88 Å². The minimum atomic E-state index is -2.59. The van der Waals surface area contributed by atoms with Crippen LogP contribution in [0.4, 0.5) is 0 Å². The van der Waals surface area contributed by atoms with Crippen LogP contribution in [0.2, 0.25) is 13.3 Å². The molecule has 5 nitrogen and oxygen atoms in total. The standard InChI is InChI=1S/C9H9N4O.3C4H9.Sn/c1-7-5-13(6-12-7)8-9(14-2)11-4-3-10-8;3*1-3-4-2;/h3,5-6H,1-2H3;3*1,3-4H2,2H3;. The zero-order chi connectivity index (χ0) is 19.7. The average molecular weight is 479 g/mol. The van der Waals surface area contributed by atoms with Gasteiger partial charge in [0, 0.05) is 0 Å². The molecule has 27 heavy (non-hydrogen) atoms. The summed E-state index contributed by atoms with van der Waals surface area (Å²) in [5.41, 5.74) is 0.963. The van der Waals surface area contributed by atoms with Gasteiger partial charge in [-0.1, -0.05) is 0 Å². The Bertz CT molecular complexity index is 679. The van der Waals surface area contributed by atoms with Crippen LogP contribution in [0.15, 0.2) is 18.7 Å². The van der Waals surface area contributed by atoms with Gasteiger partial charge < -0.3 is 0 Å². The predicted octanol–water partition coefficient (Wildman–Crippen LogP) is 5.04. The van der Waals surface area contributed by atoms with Gasteiger partial charge in [0.1, 0.15) is 0 Å². The quantitative estimate of drug-likeness (QED) is 0.401. The molecular formula is C21H36N4OSn. The molecule has 150 valence electrons. The van der Waals surface area contributed by atoms with Crippen molar-refractivity contribution in [1.29, 1.82) is 0 Å². The Labute approximate surface area is 168 Å². The van der Waals surface area contributed by atoms with Crippen molar-refractivity contribution in [2.75, 3.05) is 7.11 Å². The fraction of sp³-hybridized carbons (Fsp3) is 0.667. The molecule has 0 saturated heterocycles. The summed E-state index contributed by atoms with van der Waals surface area (Å²) in [6.07, 6.45) is 13.5. The zero-order valence-electron chi connectivity index (χ0n) is 17.8. The Balaban J connectivity index is 2.46. The van der Waals surface area contributed by atoms with E-state index < -0.39 is 18.4 Å². The first-order valence-corrected chi connectivity index (χ1v) is 18.0. The number of methoxy groups -OCH3 is 1. The maximum absolute atomic E-state index is 5.67. The zero-order valence-corrected chi connectivity index (χ0v) is 20.6. The molecule has 2 aromatic rings. The Morgan fingerprint density at radius 2 is 1.56 bits per heavy atom. The van der Waals surface area contributed by atoms with Crippen molar-refractivity contribution in [2.45, 2.75) is 79.5 Å². The first kappa shape index (κ1) is 22.2. The van der Waals surface area contributed by atoms with Gasteiger partial charge in [-0.2, -0.15) is 0 Å². The number of aryl methyl sites for hydroxylation is 1. The number of imidazole rings is 1. The van der Waals surface area contributed by atoms with E-state index in [9.17, 15) is 0 Å². The van der Waals surface area contributed by atoms with Crippen molar-refractivity contribution in [1.82, 2.24) is 19.5 Å². The van der Waals surface area contributed by atoms with Crippen LogP contribution in [-0.4, -0.2) is 45.0 Å². The van der Waals surface area contributed by atoms with Gasteiger partial charge in [0.15, 0.2) is 0 Å². The van der Waals surface area contributed by atoms with Gasteiger partial charge in [-0.15, -0.1) is 0 Å². The van der Waals surface area contributed by atoms with Crippen LogP contribution in [-0.2, 0) is 0 Å². The second-order valence-electron chi connectivity index (χ2n) is 7.60. The minimum absolute atomic E-state index is 0.635. The van der Waals surface area contributed by atoms with E-state index in [-0.39, 0.29) is 0 Å². The molecule has 0 aliphatic rings. The summed E-state index contributed by atoms with van der Waals surface area (Å²) in [7, 11) is 1.70. The number of aromatic nitrogens is 4. The SMILES string of the molecule is CCC[CH2][Sn]([CH2]CCC)([CH2]CCC)[c]1cnc(-n2cnc(C)c2)c(OC)n1. The second kappa shape index (κ2) is 11.0. The third kappa shape index (κ3) is 5.69. The average Bonchev–Trinajstić information content (AvgIpc) is 3.13. The van der Waals surface area contributed by atoms with Crippen molar-refractivity contribution in [3.05, 3.63) is 24.4 Å². The van der Waals surface area contributed by atoms with Crippen LogP contribution < -0.4 is 8.45 Å². The molecule has 0 spiro atoms.